The minimum absolute atomic E-state index is 0.295. The fourth-order valence-electron chi connectivity index (χ4n) is 4.59. The van der Waals surface area contributed by atoms with Gasteiger partial charge < -0.3 is 19.7 Å². The molecule has 0 saturated carbocycles. The number of carboxylic acids is 1. The van der Waals surface area contributed by atoms with E-state index in [0.29, 0.717) is 31.1 Å². The van der Waals surface area contributed by atoms with E-state index in [9.17, 15) is 19.8 Å². The molecule has 1 fully saturated rings. The number of methoxy groups -OCH3 is 1. The van der Waals surface area contributed by atoms with Crippen LogP contribution >= 0.6 is 0 Å². The molecule has 1 saturated heterocycles. The molecule has 0 amide bonds. The van der Waals surface area contributed by atoms with Gasteiger partial charge >= 0.3 is 5.97 Å². The predicted octanol–water partition coefficient (Wildman–Crippen LogP) is 2.16. The second kappa shape index (κ2) is 7.45. The molecule has 0 bridgehead atoms. The molecule has 0 radical (unpaired) electrons. The third kappa shape index (κ3) is 3.26. The number of fused-ring (bicyclic) bond motifs is 6. The number of ether oxygens (including phenoxy) is 2. The summed E-state index contributed by atoms with van der Waals surface area (Å²) in [5.74, 6) is -0.588. The number of nitrogens with zero attached hydrogens (tertiary/aromatic N) is 2. The van der Waals surface area contributed by atoms with Crippen LogP contribution in [0.3, 0.4) is 0 Å². The molecule has 160 valence electrons. The number of aromatic carboxylic acids is 1. The van der Waals surface area contributed by atoms with Gasteiger partial charge in [-0.25, -0.2) is 4.79 Å². The molecule has 8 heteroatoms. The Hall–Kier alpha value is -2.84. The van der Waals surface area contributed by atoms with E-state index >= 15 is 0 Å². The third-order valence-electron chi connectivity index (χ3n) is 5.83. The number of pyridine rings is 1. The fraction of sp³-hybridized carbons (Fsp3) is 0.455. The molecule has 2 aliphatic heterocycles. The second-order valence-electron chi connectivity index (χ2n) is 8.40. The van der Waals surface area contributed by atoms with E-state index < -0.39 is 23.0 Å². The zero-order valence-electron chi connectivity index (χ0n) is 17.3. The summed E-state index contributed by atoms with van der Waals surface area (Å²) < 4.78 is 12.6. The molecule has 2 atom stereocenters. The molecule has 0 spiro atoms. The van der Waals surface area contributed by atoms with Crippen LogP contribution in [0, 0.1) is 0 Å². The summed E-state index contributed by atoms with van der Waals surface area (Å²) in [4.78, 5) is 24.0. The van der Waals surface area contributed by atoms with Crippen LogP contribution in [0.25, 0.3) is 11.3 Å². The molecule has 8 nitrogen and oxygen atoms in total. The van der Waals surface area contributed by atoms with Crippen molar-refractivity contribution in [2.45, 2.75) is 44.4 Å². The summed E-state index contributed by atoms with van der Waals surface area (Å²) in [6.45, 7) is 5.10. The summed E-state index contributed by atoms with van der Waals surface area (Å²) in [5.41, 5.74) is 0.957. The van der Waals surface area contributed by atoms with E-state index in [-0.39, 0.29) is 11.6 Å². The van der Waals surface area contributed by atoms with Gasteiger partial charge in [-0.2, -0.15) is 0 Å². The molecule has 3 heterocycles. The highest BCUT2D eigenvalue weighted by molar-refractivity contribution is 5.88. The zero-order valence-corrected chi connectivity index (χ0v) is 17.3. The summed E-state index contributed by atoms with van der Waals surface area (Å²) in [6, 6.07) is 6.58. The maximum Gasteiger partial charge on any atom is 0.341 e. The van der Waals surface area contributed by atoms with E-state index in [1.54, 1.807) is 11.8 Å². The summed E-state index contributed by atoms with van der Waals surface area (Å²) >= 11 is 0. The Bertz CT molecular complexity index is 1040. The van der Waals surface area contributed by atoms with Crippen molar-refractivity contribution < 1.29 is 24.5 Å². The Kier molecular flexibility index (Phi) is 5.07. The molecule has 1 aromatic heterocycles. The van der Waals surface area contributed by atoms with Crippen molar-refractivity contribution in [3.63, 3.8) is 0 Å². The lowest BCUT2D eigenvalue weighted by Crippen LogP contribution is -2.50. The van der Waals surface area contributed by atoms with Crippen LogP contribution in [-0.4, -0.2) is 52.8 Å². The van der Waals surface area contributed by atoms with Crippen LogP contribution in [0.1, 0.15) is 48.7 Å². The van der Waals surface area contributed by atoms with Crippen LogP contribution < -0.4 is 15.2 Å². The average molecular weight is 414 g/mol. The van der Waals surface area contributed by atoms with Crippen LogP contribution in [0.4, 0.5) is 0 Å². The van der Waals surface area contributed by atoms with Gasteiger partial charge in [-0.3, -0.25) is 14.5 Å². The number of rotatable bonds is 6. The van der Waals surface area contributed by atoms with Crippen LogP contribution in [0.5, 0.6) is 5.75 Å². The van der Waals surface area contributed by atoms with Crippen molar-refractivity contribution in [1.29, 1.82) is 0 Å². The Morgan fingerprint density at radius 1 is 1.27 bits per heavy atom. The Morgan fingerprint density at radius 2 is 2.03 bits per heavy atom. The predicted molar refractivity (Wildman–Crippen MR) is 111 cm³/mol. The minimum Gasteiger partial charge on any atom is -0.493 e. The summed E-state index contributed by atoms with van der Waals surface area (Å²) in [6.07, 6.45) is 1.98. The fourth-order valence-corrected chi connectivity index (χ4v) is 4.59. The Morgan fingerprint density at radius 3 is 2.73 bits per heavy atom. The maximum absolute atomic E-state index is 12.4. The number of hydrogen-bond donors (Lipinski definition) is 2. The standard InChI is InChI=1S/C22H26N2O6/c1-22(2)11-19(26)20-15-9-13(30-8-4-7-29-3)5-6-14(15)17-10-18(25)16(21(27)28)12-23(17)24(20)22/h5-6,9-10,12,19-20,26H,4,7-8,11H2,1-3H3,(H,27,28). The first-order valence-corrected chi connectivity index (χ1v) is 9.98. The highest BCUT2D eigenvalue weighted by Crippen LogP contribution is 2.48. The first-order chi connectivity index (χ1) is 14.2. The van der Waals surface area contributed by atoms with Gasteiger partial charge in [0.15, 0.2) is 5.43 Å². The van der Waals surface area contributed by atoms with Gasteiger partial charge in [0.05, 0.1) is 30.0 Å². The van der Waals surface area contributed by atoms with E-state index in [1.165, 1.54) is 12.3 Å². The van der Waals surface area contributed by atoms with Gasteiger partial charge in [0.1, 0.15) is 11.3 Å². The smallest absolute Gasteiger partial charge is 0.341 e. The van der Waals surface area contributed by atoms with Gasteiger partial charge in [-0.1, -0.05) is 0 Å². The maximum atomic E-state index is 12.4. The SMILES string of the molecule is COCCCOc1ccc2c(c1)C1C(O)CC(C)(C)N1n1cc(C(=O)O)c(=O)cc1-2. The van der Waals surface area contributed by atoms with Gasteiger partial charge in [0.2, 0.25) is 0 Å². The van der Waals surface area contributed by atoms with Crippen molar-refractivity contribution in [2.75, 3.05) is 25.3 Å². The van der Waals surface area contributed by atoms with Gasteiger partial charge in [0.25, 0.3) is 0 Å². The highest BCUT2D eigenvalue weighted by atomic mass is 16.5. The Labute approximate surface area is 174 Å². The van der Waals surface area contributed by atoms with Gasteiger partial charge in [-0.05, 0) is 44.0 Å². The third-order valence-corrected chi connectivity index (χ3v) is 5.83. The number of hydrogen-bond acceptors (Lipinski definition) is 6. The molecule has 2 unspecified atom stereocenters. The van der Waals surface area contributed by atoms with E-state index in [4.69, 9.17) is 9.47 Å². The molecule has 2 aromatic rings. The van der Waals surface area contributed by atoms with Crippen molar-refractivity contribution in [3.8, 4) is 17.0 Å². The highest BCUT2D eigenvalue weighted by Gasteiger charge is 2.50. The lowest BCUT2D eigenvalue weighted by atomic mass is 9.92. The number of aliphatic hydroxyl groups is 1. The Balaban J connectivity index is 1.85. The molecule has 30 heavy (non-hydrogen) atoms. The normalized spacial score (nSPS) is 21.0. The van der Waals surface area contributed by atoms with Crippen LogP contribution in [0.2, 0.25) is 0 Å². The number of benzene rings is 1. The number of carboxylic acid groups (broad SMARTS) is 1. The largest absolute Gasteiger partial charge is 0.493 e. The molecular formula is C22H26N2O6. The van der Waals surface area contributed by atoms with E-state index in [0.717, 1.165) is 17.5 Å². The summed E-state index contributed by atoms with van der Waals surface area (Å²) in [5, 5.41) is 22.3. The van der Waals surface area contributed by atoms with Crippen molar-refractivity contribution in [2.24, 2.45) is 0 Å². The molecular weight excluding hydrogens is 388 g/mol. The molecule has 1 aromatic carbocycles. The molecule has 4 rings (SSSR count). The quantitative estimate of drug-likeness (QED) is 0.699. The number of aromatic nitrogens is 1. The summed E-state index contributed by atoms with van der Waals surface area (Å²) in [7, 11) is 1.64. The second-order valence-corrected chi connectivity index (χ2v) is 8.40. The molecule has 2 aliphatic rings. The van der Waals surface area contributed by atoms with Crippen LogP contribution in [-0.2, 0) is 4.74 Å². The van der Waals surface area contributed by atoms with Crippen molar-refractivity contribution in [1.82, 2.24) is 4.68 Å². The topological polar surface area (TPSA) is 101 Å². The van der Waals surface area contributed by atoms with Gasteiger partial charge in [0, 0.05) is 38.0 Å². The number of carbonyl (C=O) groups is 1. The number of aliphatic hydroxyl groups excluding tert-OH is 1. The monoisotopic (exact) mass is 414 g/mol. The van der Waals surface area contributed by atoms with E-state index in [2.05, 4.69) is 0 Å². The average Bonchev–Trinajstić information content (AvgIpc) is 2.93. The van der Waals surface area contributed by atoms with Crippen LogP contribution in [0.15, 0.2) is 35.3 Å². The first-order valence-electron chi connectivity index (χ1n) is 9.98. The first kappa shape index (κ1) is 20.4. The van der Waals surface area contributed by atoms with Crippen molar-refractivity contribution in [3.05, 3.63) is 51.8 Å². The molecule has 0 aliphatic carbocycles. The van der Waals surface area contributed by atoms with E-state index in [1.807, 2.05) is 37.1 Å². The lowest BCUT2D eigenvalue weighted by molar-refractivity contribution is 0.0694. The lowest BCUT2D eigenvalue weighted by Gasteiger charge is -2.44. The molecule has 2 N–H and O–H groups in total. The van der Waals surface area contributed by atoms with Crippen molar-refractivity contribution >= 4 is 5.97 Å². The zero-order chi connectivity index (χ0) is 21.6. The minimum atomic E-state index is -1.27. The van der Waals surface area contributed by atoms with Gasteiger partial charge in [-0.15, -0.1) is 0 Å².